The molecule has 35 heavy (non-hydrogen) atoms. The molecule has 2 rings (SSSR count). The van der Waals surface area contributed by atoms with Crippen LogP contribution in [0.3, 0.4) is 0 Å². The fourth-order valence-corrected chi connectivity index (χ4v) is 3.73. The number of nitrogens with zero attached hydrogens (tertiary/aromatic N) is 1. The first-order valence-electron chi connectivity index (χ1n) is 11.7. The molecule has 0 saturated carbocycles. The van der Waals surface area contributed by atoms with Crippen molar-refractivity contribution in [3.05, 3.63) is 59.2 Å². The predicted octanol–water partition coefficient (Wildman–Crippen LogP) is 4.75. The first-order valence-corrected chi connectivity index (χ1v) is 11.7. The standard InChI is InChI=1S/C27H37N3O5/c1-9-30(25(32)19(4)28-26(33)35-27(5,6)7)23(22-15-10-17(2)16-18(22)3)24(31)29-20-11-13-21(34-8)14-12-20/h10-16,19,23H,9H2,1-8H3,(H,28,33)(H,29,31). The Bertz CT molecular complexity index is 1040. The van der Waals surface area contributed by atoms with Gasteiger partial charge in [-0.2, -0.15) is 0 Å². The number of carbonyl (C=O) groups is 3. The minimum atomic E-state index is -0.905. The van der Waals surface area contributed by atoms with Gasteiger partial charge < -0.3 is 25.0 Å². The number of anilines is 1. The van der Waals surface area contributed by atoms with E-state index < -0.39 is 29.7 Å². The third kappa shape index (κ3) is 7.73. The zero-order valence-electron chi connectivity index (χ0n) is 21.9. The van der Waals surface area contributed by atoms with Crippen LogP contribution in [0.1, 0.15) is 57.4 Å². The highest BCUT2D eigenvalue weighted by Crippen LogP contribution is 2.28. The Morgan fingerprint density at radius 3 is 2.17 bits per heavy atom. The maximum absolute atomic E-state index is 13.6. The predicted molar refractivity (Wildman–Crippen MR) is 136 cm³/mol. The third-order valence-electron chi connectivity index (χ3n) is 5.36. The van der Waals surface area contributed by atoms with Gasteiger partial charge in [-0.25, -0.2) is 4.79 Å². The Morgan fingerprint density at radius 1 is 1.03 bits per heavy atom. The largest absolute Gasteiger partial charge is 0.497 e. The van der Waals surface area contributed by atoms with Gasteiger partial charge in [0.15, 0.2) is 0 Å². The molecule has 0 aliphatic heterocycles. The van der Waals surface area contributed by atoms with Crippen molar-refractivity contribution in [1.82, 2.24) is 10.2 Å². The maximum Gasteiger partial charge on any atom is 0.408 e. The van der Waals surface area contributed by atoms with Gasteiger partial charge in [-0.1, -0.05) is 23.8 Å². The summed E-state index contributed by atoms with van der Waals surface area (Å²) in [7, 11) is 1.57. The fourth-order valence-electron chi connectivity index (χ4n) is 3.73. The number of hydrogen-bond donors (Lipinski definition) is 2. The van der Waals surface area contributed by atoms with E-state index in [1.807, 2.05) is 32.0 Å². The van der Waals surface area contributed by atoms with Gasteiger partial charge in [0.1, 0.15) is 23.4 Å². The van der Waals surface area contributed by atoms with E-state index in [2.05, 4.69) is 10.6 Å². The Morgan fingerprint density at radius 2 is 1.66 bits per heavy atom. The summed E-state index contributed by atoms with van der Waals surface area (Å²) in [4.78, 5) is 40.8. The molecule has 190 valence electrons. The maximum atomic E-state index is 13.6. The second kappa shape index (κ2) is 11.7. The lowest BCUT2D eigenvalue weighted by Crippen LogP contribution is -2.51. The molecule has 0 radical (unpaired) electrons. The topological polar surface area (TPSA) is 97.0 Å². The van der Waals surface area contributed by atoms with Gasteiger partial charge in [0, 0.05) is 12.2 Å². The summed E-state index contributed by atoms with van der Waals surface area (Å²) in [6, 6.07) is 10.9. The lowest BCUT2D eigenvalue weighted by molar-refractivity contribution is -0.140. The molecule has 0 aliphatic carbocycles. The summed E-state index contributed by atoms with van der Waals surface area (Å²) in [6.45, 7) is 12.8. The van der Waals surface area contributed by atoms with Crippen molar-refractivity contribution in [2.45, 2.75) is 66.2 Å². The average Bonchev–Trinajstić information content (AvgIpc) is 2.76. The third-order valence-corrected chi connectivity index (χ3v) is 5.36. The van der Waals surface area contributed by atoms with E-state index >= 15 is 0 Å². The van der Waals surface area contributed by atoms with E-state index in [4.69, 9.17) is 9.47 Å². The zero-order chi connectivity index (χ0) is 26.3. The van der Waals surface area contributed by atoms with Crippen LogP contribution in [0.5, 0.6) is 5.75 Å². The summed E-state index contributed by atoms with van der Waals surface area (Å²) < 4.78 is 10.5. The Labute approximate surface area is 208 Å². The van der Waals surface area contributed by atoms with Gasteiger partial charge in [0.2, 0.25) is 5.91 Å². The quantitative estimate of drug-likeness (QED) is 0.565. The Kier molecular flexibility index (Phi) is 9.28. The number of benzene rings is 2. The number of amides is 3. The van der Waals surface area contributed by atoms with Crippen LogP contribution in [0.25, 0.3) is 0 Å². The van der Waals surface area contributed by atoms with Crippen molar-refractivity contribution in [3.8, 4) is 5.75 Å². The summed E-state index contributed by atoms with van der Waals surface area (Å²) in [5.41, 5.74) is 2.53. The number of aryl methyl sites for hydroxylation is 2. The summed E-state index contributed by atoms with van der Waals surface area (Å²) in [5, 5.41) is 5.50. The molecule has 0 aliphatic rings. The van der Waals surface area contributed by atoms with Crippen LogP contribution in [-0.2, 0) is 14.3 Å². The molecule has 2 N–H and O–H groups in total. The highest BCUT2D eigenvalue weighted by Gasteiger charge is 2.34. The number of carbonyl (C=O) groups excluding carboxylic acids is 3. The van der Waals surface area contributed by atoms with Gasteiger partial charge in [-0.05, 0) is 83.9 Å². The minimum absolute atomic E-state index is 0.257. The second-order valence-electron chi connectivity index (χ2n) is 9.47. The molecule has 8 nitrogen and oxygen atoms in total. The van der Waals surface area contributed by atoms with Gasteiger partial charge in [0.25, 0.3) is 5.91 Å². The fraction of sp³-hybridized carbons (Fsp3) is 0.444. The summed E-state index contributed by atoms with van der Waals surface area (Å²) in [6.07, 6.45) is -0.694. The van der Waals surface area contributed by atoms with Gasteiger partial charge >= 0.3 is 6.09 Å². The number of methoxy groups -OCH3 is 1. The van der Waals surface area contributed by atoms with Crippen molar-refractivity contribution < 1.29 is 23.9 Å². The van der Waals surface area contributed by atoms with Crippen molar-refractivity contribution in [2.24, 2.45) is 0 Å². The molecule has 8 heteroatoms. The van der Waals surface area contributed by atoms with E-state index in [9.17, 15) is 14.4 Å². The Hall–Kier alpha value is -3.55. The number of rotatable bonds is 8. The Balaban J connectivity index is 2.38. The lowest BCUT2D eigenvalue weighted by Gasteiger charge is -2.33. The van der Waals surface area contributed by atoms with Gasteiger partial charge in [0.05, 0.1) is 7.11 Å². The van der Waals surface area contributed by atoms with Crippen LogP contribution in [0.2, 0.25) is 0 Å². The first kappa shape index (κ1) is 27.7. The van der Waals surface area contributed by atoms with E-state index in [-0.39, 0.29) is 12.5 Å². The molecule has 2 unspecified atom stereocenters. The number of hydrogen-bond acceptors (Lipinski definition) is 5. The molecule has 3 amide bonds. The van der Waals surface area contributed by atoms with Crippen molar-refractivity contribution in [1.29, 1.82) is 0 Å². The minimum Gasteiger partial charge on any atom is -0.497 e. The molecule has 0 spiro atoms. The van der Waals surface area contributed by atoms with Crippen molar-refractivity contribution in [3.63, 3.8) is 0 Å². The summed E-state index contributed by atoms with van der Waals surface area (Å²) in [5.74, 6) is -0.0867. The molecule has 2 atom stereocenters. The number of ether oxygens (including phenoxy) is 2. The molecule has 2 aromatic carbocycles. The van der Waals surface area contributed by atoms with Crippen LogP contribution in [0.4, 0.5) is 10.5 Å². The first-order chi connectivity index (χ1) is 16.4. The SMILES string of the molecule is CCN(C(=O)C(C)NC(=O)OC(C)(C)C)C(C(=O)Nc1ccc(OC)cc1)c1ccc(C)cc1C. The molecule has 0 heterocycles. The van der Waals surface area contributed by atoms with E-state index in [1.165, 1.54) is 4.90 Å². The lowest BCUT2D eigenvalue weighted by atomic mass is 9.96. The van der Waals surface area contributed by atoms with Crippen LogP contribution < -0.4 is 15.4 Å². The molecule has 0 fully saturated rings. The number of likely N-dealkylation sites (N-methyl/N-ethyl adjacent to an activating group) is 1. The highest BCUT2D eigenvalue weighted by molar-refractivity contribution is 5.99. The summed E-state index contributed by atoms with van der Waals surface area (Å²) >= 11 is 0. The van der Waals surface area contributed by atoms with E-state index in [0.29, 0.717) is 17.0 Å². The molecule has 0 bridgehead atoms. The number of alkyl carbamates (subject to hydrolysis) is 1. The number of nitrogens with one attached hydrogen (secondary N) is 2. The highest BCUT2D eigenvalue weighted by atomic mass is 16.6. The van der Waals surface area contributed by atoms with Crippen LogP contribution in [-0.4, -0.2) is 48.1 Å². The van der Waals surface area contributed by atoms with E-state index in [0.717, 1.165) is 11.1 Å². The van der Waals surface area contributed by atoms with Gasteiger partial charge in [-0.3, -0.25) is 9.59 Å². The molecule has 0 aromatic heterocycles. The molecular formula is C27H37N3O5. The second-order valence-corrected chi connectivity index (χ2v) is 9.47. The molecular weight excluding hydrogens is 446 g/mol. The van der Waals surface area contributed by atoms with Gasteiger partial charge in [-0.15, -0.1) is 0 Å². The average molecular weight is 484 g/mol. The normalized spacial score (nSPS) is 12.8. The van der Waals surface area contributed by atoms with Crippen LogP contribution >= 0.6 is 0 Å². The smallest absolute Gasteiger partial charge is 0.408 e. The zero-order valence-corrected chi connectivity index (χ0v) is 21.9. The van der Waals surface area contributed by atoms with Crippen molar-refractivity contribution in [2.75, 3.05) is 19.0 Å². The van der Waals surface area contributed by atoms with Crippen LogP contribution in [0, 0.1) is 13.8 Å². The van der Waals surface area contributed by atoms with Crippen molar-refractivity contribution >= 4 is 23.6 Å². The molecule has 0 saturated heterocycles. The molecule has 2 aromatic rings. The van der Waals surface area contributed by atoms with Crippen LogP contribution in [0.15, 0.2) is 42.5 Å². The monoisotopic (exact) mass is 483 g/mol. The van der Waals surface area contributed by atoms with E-state index in [1.54, 1.807) is 66.0 Å².